The smallest absolute Gasteiger partial charge is 0.133 e. The third-order valence-electron chi connectivity index (χ3n) is 3.05. The minimum Gasteiger partial charge on any atom is -0.369 e. The van der Waals surface area contributed by atoms with Crippen molar-refractivity contribution in [2.75, 3.05) is 11.9 Å². The third kappa shape index (κ3) is 3.05. The second kappa shape index (κ2) is 6.24. The van der Waals surface area contributed by atoms with Gasteiger partial charge in [-0.3, -0.25) is 0 Å². The van der Waals surface area contributed by atoms with E-state index in [1.54, 1.807) is 11.3 Å². The summed E-state index contributed by atoms with van der Waals surface area (Å²) < 4.78 is 2.28. The van der Waals surface area contributed by atoms with Crippen LogP contribution in [-0.4, -0.2) is 11.5 Å². The topological polar surface area (TPSA) is 24.9 Å². The Morgan fingerprint density at radius 1 is 1.05 bits per heavy atom. The van der Waals surface area contributed by atoms with Gasteiger partial charge in [-0.1, -0.05) is 28.1 Å². The van der Waals surface area contributed by atoms with E-state index in [1.807, 2.05) is 18.3 Å². The molecule has 2 heterocycles. The molecule has 0 spiro atoms. The summed E-state index contributed by atoms with van der Waals surface area (Å²) in [5.41, 5.74) is 0. The van der Waals surface area contributed by atoms with Crippen molar-refractivity contribution in [1.29, 1.82) is 0 Å². The van der Waals surface area contributed by atoms with Gasteiger partial charge in [-0.2, -0.15) is 0 Å². The fraction of sp³-hybridized carbons (Fsp3) is 0.133. The average molecular weight is 412 g/mol. The predicted octanol–water partition coefficient (Wildman–Crippen LogP) is 5.48. The maximum Gasteiger partial charge on any atom is 0.133 e. The maximum atomic E-state index is 4.45. The van der Waals surface area contributed by atoms with Crippen LogP contribution in [0.15, 0.2) is 50.9 Å². The fourth-order valence-corrected chi connectivity index (χ4v) is 4.08. The summed E-state index contributed by atoms with van der Waals surface area (Å²) in [6.07, 6.45) is 2.85. The highest BCUT2D eigenvalue weighted by Crippen LogP contribution is 2.28. The number of nitrogens with one attached hydrogen (secondary N) is 1. The van der Waals surface area contributed by atoms with Crippen LogP contribution >= 0.6 is 43.2 Å². The number of anilines is 1. The molecule has 5 heteroatoms. The van der Waals surface area contributed by atoms with Crippen LogP contribution in [0.4, 0.5) is 5.82 Å². The standard InChI is InChI=1S/C15H12Br2N2S/c16-13-3-1-2-12-11(13)7-9-19-15(12)18-8-6-10-4-5-14(17)20-10/h1-5,7,9H,6,8H2,(H,18,19). The van der Waals surface area contributed by atoms with Gasteiger partial charge in [0.15, 0.2) is 0 Å². The molecule has 3 aromatic rings. The molecule has 2 nitrogen and oxygen atoms in total. The van der Waals surface area contributed by atoms with Crippen LogP contribution in [0.25, 0.3) is 10.8 Å². The van der Waals surface area contributed by atoms with Gasteiger partial charge >= 0.3 is 0 Å². The van der Waals surface area contributed by atoms with Gasteiger partial charge in [0.05, 0.1) is 3.79 Å². The van der Waals surface area contributed by atoms with Crippen molar-refractivity contribution in [2.45, 2.75) is 6.42 Å². The third-order valence-corrected chi connectivity index (χ3v) is 5.42. The van der Waals surface area contributed by atoms with Crippen LogP contribution in [0, 0.1) is 0 Å². The van der Waals surface area contributed by atoms with Crippen molar-refractivity contribution in [3.05, 3.63) is 55.7 Å². The lowest BCUT2D eigenvalue weighted by Gasteiger charge is -2.09. The van der Waals surface area contributed by atoms with Crippen molar-refractivity contribution < 1.29 is 0 Å². The molecule has 0 aliphatic rings. The lowest BCUT2D eigenvalue weighted by Crippen LogP contribution is -2.05. The van der Waals surface area contributed by atoms with E-state index in [0.29, 0.717) is 0 Å². The van der Waals surface area contributed by atoms with Crippen LogP contribution in [0.5, 0.6) is 0 Å². The Hall–Kier alpha value is -0.910. The number of rotatable bonds is 4. The van der Waals surface area contributed by atoms with E-state index < -0.39 is 0 Å². The lowest BCUT2D eigenvalue weighted by atomic mass is 10.1. The van der Waals surface area contributed by atoms with Crippen LogP contribution < -0.4 is 5.32 Å². The van der Waals surface area contributed by atoms with Crippen molar-refractivity contribution in [1.82, 2.24) is 4.98 Å². The number of fused-ring (bicyclic) bond motifs is 1. The molecule has 1 aromatic carbocycles. The molecule has 20 heavy (non-hydrogen) atoms. The first-order valence-corrected chi connectivity index (χ1v) is 8.65. The number of halogens is 2. The number of benzene rings is 1. The zero-order valence-electron chi connectivity index (χ0n) is 10.6. The summed E-state index contributed by atoms with van der Waals surface area (Å²) in [7, 11) is 0. The second-order valence-corrected chi connectivity index (χ2v) is 7.78. The fourth-order valence-electron chi connectivity index (χ4n) is 2.10. The van der Waals surface area contributed by atoms with Crippen molar-refractivity contribution in [2.24, 2.45) is 0 Å². The van der Waals surface area contributed by atoms with E-state index in [4.69, 9.17) is 0 Å². The first kappa shape index (κ1) is 14.0. The molecule has 0 saturated carbocycles. The van der Waals surface area contributed by atoms with Gasteiger partial charge in [0.25, 0.3) is 0 Å². The monoisotopic (exact) mass is 410 g/mol. The quantitative estimate of drug-likeness (QED) is 0.615. The molecular weight excluding hydrogens is 400 g/mol. The molecule has 1 N–H and O–H groups in total. The average Bonchev–Trinajstić information content (AvgIpc) is 2.86. The van der Waals surface area contributed by atoms with Crippen LogP contribution in [0.2, 0.25) is 0 Å². The highest BCUT2D eigenvalue weighted by molar-refractivity contribution is 9.11. The molecule has 0 aliphatic heterocycles. The van der Waals surface area contributed by atoms with Gasteiger partial charge in [0, 0.05) is 32.9 Å². The highest BCUT2D eigenvalue weighted by atomic mass is 79.9. The molecule has 3 rings (SSSR count). The number of hydrogen-bond acceptors (Lipinski definition) is 3. The van der Waals surface area contributed by atoms with E-state index in [9.17, 15) is 0 Å². The number of aromatic nitrogens is 1. The number of thiophene rings is 1. The first-order chi connectivity index (χ1) is 9.74. The normalized spacial score (nSPS) is 10.9. The Balaban J connectivity index is 1.76. The molecule has 0 aliphatic carbocycles. The number of pyridine rings is 1. The Kier molecular flexibility index (Phi) is 4.38. The van der Waals surface area contributed by atoms with Gasteiger partial charge < -0.3 is 5.32 Å². The van der Waals surface area contributed by atoms with Crippen molar-refractivity contribution in [3.63, 3.8) is 0 Å². The van der Waals surface area contributed by atoms with E-state index in [0.717, 1.165) is 28.6 Å². The van der Waals surface area contributed by atoms with E-state index in [1.165, 1.54) is 14.0 Å². The van der Waals surface area contributed by atoms with Crippen LogP contribution in [0.3, 0.4) is 0 Å². The second-order valence-electron chi connectivity index (χ2n) is 4.38. The number of nitrogens with zero attached hydrogens (tertiary/aromatic N) is 1. The van der Waals surface area contributed by atoms with E-state index in [2.05, 4.69) is 66.4 Å². The van der Waals surface area contributed by atoms with Gasteiger partial charge in [-0.15, -0.1) is 11.3 Å². The summed E-state index contributed by atoms with van der Waals surface area (Å²) >= 11 is 8.85. The lowest BCUT2D eigenvalue weighted by molar-refractivity contribution is 1.03. The van der Waals surface area contributed by atoms with Crippen molar-refractivity contribution in [3.8, 4) is 0 Å². The van der Waals surface area contributed by atoms with E-state index >= 15 is 0 Å². The Morgan fingerprint density at radius 2 is 1.95 bits per heavy atom. The Bertz CT molecular complexity index is 740. The number of hydrogen-bond donors (Lipinski definition) is 1. The molecular formula is C15H12Br2N2S. The zero-order chi connectivity index (χ0) is 13.9. The molecule has 0 atom stereocenters. The molecule has 0 saturated heterocycles. The molecule has 0 bridgehead atoms. The minimum absolute atomic E-state index is 0.881. The van der Waals surface area contributed by atoms with Gasteiger partial charge in [-0.25, -0.2) is 4.98 Å². The van der Waals surface area contributed by atoms with Gasteiger partial charge in [-0.05, 0) is 46.6 Å². The molecule has 0 fully saturated rings. The zero-order valence-corrected chi connectivity index (χ0v) is 14.6. The summed E-state index contributed by atoms with van der Waals surface area (Å²) in [5, 5.41) is 5.76. The predicted molar refractivity (Wildman–Crippen MR) is 93.7 cm³/mol. The summed E-state index contributed by atoms with van der Waals surface area (Å²) in [6, 6.07) is 12.5. The minimum atomic E-state index is 0.881. The van der Waals surface area contributed by atoms with Crippen LogP contribution in [-0.2, 0) is 6.42 Å². The molecule has 2 aromatic heterocycles. The largest absolute Gasteiger partial charge is 0.369 e. The molecule has 0 amide bonds. The van der Waals surface area contributed by atoms with E-state index in [-0.39, 0.29) is 0 Å². The Morgan fingerprint density at radius 3 is 2.75 bits per heavy atom. The summed E-state index contributed by atoms with van der Waals surface area (Å²) in [6.45, 7) is 0.881. The molecule has 0 radical (unpaired) electrons. The van der Waals surface area contributed by atoms with Crippen molar-refractivity contribution >= 4 is 59.8 Å². The Labute approximate surface area is 138 Å². The first-order valence-electron chi connectivity index (χ1n) is 6.25. The van der Waals surface area contributed by atoms with Gasteiger partial charge in [0.2, 0.25) is 0 Å². The SMILES string of the molecule is Brc1ccc(CCNc2nccc3c(Br)cccc23)s1. The van der Waals surface area contributed by atoms with Crippen LogP contribution in [0.1, 0.15) is 4.88 Å². The molecule has 0 unspecified atom stereocenters. The summed E-state index contributed by atoms with van der Waals surface area (Å²) in [5.74, 6) is 0.944. The molecule has 102 valence electrons. The summed E-state index contributed by atoms with van der Waals surface area (Å²) in [4.78, 5) is 5.81. The maximum absolute atomic E-state index is 4.45. The van der Waals surface area contributed by atoms with Gasteiger partial charge in [0.1, 0.15) is 5.82 Å². The highest BCUT2D eigenvalue weighted by Gasteiger charge is 2.04.